The third-order valence-electron chi connectivity index (χ3n) is 3.48. The smallest absolute Gasteiger partial charge is 0.240 e. The van der Waals surface area contributed by atoms with Crippen molar-refractivity contribution in [3.05, 3.63) is 29.3 Å². The SMILES string of the molecule is CCc1ccc(CO)cc1S(=O)(=O)NCCCCC(C)C. The van der Waals surface area contributed by atoms with E-state index < -0.39 is 10.0 Å². The molecule has 0 radical (unpaired) electrons. The van der Waals surface area contributed by atoms with E-state index in [4.69, 9.17) is 0 Å². The molecule has 21 heavy (non-hydrogen) atoms. The van der Waals surface area contributed by atoms with Crippen LogP contribution in [-0.4, -0.2) is 20.1 Å². The Labute approximate surface area is 128 Å². The normalized spacial score (nSPS) is 12.0. The van der Waals surface area contributed by atoms with Crippen molar-refractivity contribution >= 4 is 10.0 Å². The van der Waals surface area contributed by atoms with Crippen LogP contribution in [0.5, 0.6) is 0 Å². The van der Waals surface area contributed by atoms with Crippen molar-refractivity contribution in [3.8, 4) is 0 Å². The van der Waals surface area contributed by atoms with Gasteiger partial charge in [0.05, 0.1) is 11.5 Å². The summed E-state index contributed by atoms with van der Waals surface area (Å²) in [6.45, 7) is 6.56. The first-order chi connectivity index (χ1) is 9.90. The van der Waals surface area contributed by atoms with E-state index in [9.17, 15) is 13.5 Å². The van der Waals surface area contributed by atoms with Crippen LogP contribution in [-0.2, 0) is 23.1 Å². The van der Waals surface area contributed by atoms with E-state index in [1.54, 1.807) is 18.2 Å². The first kappa shape index (κ1) is 18.1. The summed E-state index contributed by atoms with van der Waals surface area (Å²) in [5, 5.41) is 9.17. The highest BCUT2D eigenvalue weighted by Gasteiger charge is 2.17. The molecule has 1 rings (SSSR count). The number of aliphatic hydroxyl groups excluding tert-OH is 1. The number of aliphatic hydroxyl groups is 1. The maximum absolute atomic E-state index is 12.4. The topological polar surface area (TPSA) is 66.4 Å². The molecule has 1 aromatic rings. The first-order valence-corrected chi connectivity index (χ1v) is 9.11. The van der Waals surface area contributed by atoms with Crippen LogP contribution in [0.15, 0.2) is 23.1 Å². The van der Waals surface area contributed by atoms with Crippen LogP contribution in [0.25, 0.3) is 0 Å². The second-order valence-electron chi connectivity index (χ2n) is 5.74. The Bertz CT molecular complexity index is 538. The van der Waals surface area contributed by atoms with E-state index in [1.165, 1.54) is 0 Å². The molecule has 0 atom stereocenters. The number of unbranched alkanes of at least 4 members (excludes halogenated alkanes) is 1. The van der Waals surface area contributed by atoms with Crippen LogP contribution in [0.2, 0.25) is 0 Å². The zero-order chi connectivity index (χ0) is 15.9. The molecule has 120 valence electrons. The minimum Gasteiger partial charge on any atom is -0.392 e. The summed E-state index contributed by atoms with van der Waals surface area (Å²) in [6, 6.07) is 5.11. The summed E-state index contributed by atoms with van der Waals surface area (Å²) in [4.78, 5) is 0.292. The largest absolute Gasteiger partial charge is 0.392 e. The molecule has 4 nitrogen and oxygen atoms in total. The van der Waals surface area contributed by atoms with Crippen LogP contribution in [0, 0.1) is 5.92 Å². The predicted octanol–water partition coefficient (Wildman–Crippen LogP) is 2.85. The third-order valence-corrected chi connectivity index (χ3v) is 5.03. The van der Waals surface area contributed by atoms with Gasteiger partial charge in [-0.2, -0.15) is 0 Å². The average Bonchev–Trinajstić information content (AvgIpc) is 2.45. The van der Waals surface area contributed by atoms with Crippen molar-refractivity contribution in [2.75, 3.05) is 6.54 Å². The van der Waals surface area contributed by atoms with Gasteiger partial charge in [0, 0.05) is 6.54 Å². The number of rotatable bonds is 9. The van der Waals surface area contributed by atoms with E-state index in [0.717, 1.165) is 24.8 Å². The molecule has 5 heteroatoms. The summed E-state index contributed by atoms with van der Waals surface area (Å²) in [6.07, 6.45) is 3.63. The Morgan fingerprint density at radius 1 is 1.24 bits per heavy atom. The molecule has 0 unspecified atom stereocenters. The minimum atomic E-state index is -3.50. The molecule has 0 heterocycles. The van der Waals surface area contributed by atoms with Crippen molar-refractivity contribution in [3.63, 3.8) is 0 Å². The molecular weight excluding hydrogens is 286 g/mol. The van der Waals surface area contributed by atoms with Crippen molar-refractivity contribution in [1.82, 2.24) is 4.72 Å². The van der Waals surface area contributed by atoms with Gasteiger partial charge in [-0.05, 0) is 36.0 Å². The Kier molecular flexibility index (Phi) is 7.35. The number of aryl methyl sites for hydroxylation is 1. The molecule has 0 amide bonds. The van der Waals surface area contributed by atoms with E-state index in [-0.39, 0.29) is 6.61 Å². The van der Waals surface area contributed by atoms with E-state index in [2.05, 4.69) is 18.6 Å². The summed E-state index contributed by atoms with van der Waals surface area (Å²) < 4.78 is 27.4. The van der Waals surface area contributed by atoms with Gasteiger partial charge >= 0.3 is 0 Å². The van der Waals surface area contributed by atoms with Crippen LogP contribution < -0.4 is 4.72 Å². The fourth-order valence-corrected chi connectivity index (χ4v) is 3.63. The molecule has 0 saturated carbocycles. The quantitative estimate of drug-likeness (QED) is 0.689. The standard InChI is InChI=1S/C16H27NO3S/c1-4-15-9-8-14(12-18)11-16(15)21(19,20)17-10-6-5-7-13(2)3/h8-9,11,13,17-18H,4-7,10,12H2,1-3H3. The zero-order valence-electron chi connectivity index (χ0n) is 13.2. The van der Waals surface area contributed by atoms with Crippen LogP contribution in [0.3, 0.4) is 0 Å². The number of sulfonamides is 1. The highest BCUT2D eigenvalue weighted by atomic mass is 32.2. The highest BCUT2D eigenvalue weighted by molar-refractivity contribution is 7.89. The molecule has 0 bridgehead atoms. The van der Waals surface area contributed by atoms with Gasteiger partial charge < -0.3 is 5.11 Å². The van der Waals surface area contributed by atoms with Gasteiger partial charge in [-0.25, -0.2) is 13.1 Å². The Hall–Kier alpha value is -0.910. The van der Waals surface area contributed by atoms with Crippen molar-refractivity contribution in [2.24, 2.45) is 5.92 Å². The lowest BCUT2D eigenvalue weighted by molar-refractivity contribution is 0.281. The third kappa shape index (κ3) is 5.77. The van der Waals surface area contributed by atoms with Crippen molar-refractivity contribution < 1.29 is 13.5 Å². The molecule has 0 spiro atoms. The molecular formula is C16H27NO3S. The van der Waals surface area contributed by atoms with E-state index in [0.29, 0.717) is 29.3 Å². The first-order valence-electron chi connectivity index (χ1n) is 7.63. The van der Waals surface area contributed by atoms with Crippen LogP contribution in [0.4, 0.5) is 0 Å². The number of hydrogen-bond acceptors (Lipinski definition) is 3. The van der Waals surface area contributed by atoms with Gasteiger partial charge in [-0.15, -0.1) is 0 Å². The van der Waals surface area contributed by atoms with E-state index in [1.807, 2.05) is 6.92 Å². The molecule has 2 N–H and O–H groups in total. The summed E-state index contributed by atoms with van der Waals surface area (Å²) >= 11 is 0. The number of benzene rings is 1. The molecule has 0 aliphatic rings. The fraction of sp³-hybridized carbons (Fsp3) is 0.625. The molecule has 0 aliphatic heterocycles. The van der Waals surface area contributed by atoms with Crippen molar-refractivity contribution in [1.29, 1.82) is 0 Å². The minimum absolute atomic E-state index is 0.152. The van der Waals surface area contributed by atoms with Gasteiger partial charge in [0.2, 0.25) is 10.0 Å². The van der Waals surface area contributed by atoms with Gasteiger partial charge in [0.15, 0.2) is 0 Å². The second kappa shape index (κ2) is 8.51. The lowest BCUT2D eigenvalue weighted by atomic mass is 10.1. The maximum atomic E-state index is 12.4. The number of nitrogens with one attached hydrogen (secondary N) is 1. The highest BCUT2D eigenvalue weighted by Crippen LogP contribution is 2.19. The van der Waals surface area contributed by atoms with Crippen LogP contribution >= 0.6 is 0 Å². The molecule has 0 saturated heterocycles. The van der Waals surface area contributed by atoms with Gasteiger partial charge in [0.25, 0.3) is 0 Å². The molecule has 0 aromatic heterocycles. The zero-order valence-corrected chi connectivity index (χ0v) is 14.0. The maximum Gasteiger partial charge on any atom is 0.240 e. The lowest BCUT2D eigenvalue weighted by Gasteiger charge is -2.12. The molecule has 0 fully saturated rings. The predicted molar refractivity (Wildman–Crippen MR) is 85.6 cm³/mol. The van der Waals surface area contributed by atoms with Gasteiger partial charge in [0.1, 0.15) is 0 Å². The van der Waals surface area contributed by atoms with Gasteiger partial charge in [-0.1, -0.05) is 45.7 Å². The average molecular weight is 313 g/mol. The lowest BCUT2D eigenvalue weighted by Crippen LogP contribution is -2.26. The van der Waals surface area contributed by atoms with Gasteiger partial charge in [-0.3, -0.25) is 0 Å². The Balaban J connectivity index is 2.73. The molecule has 1 aromatic carbocycles. The monoisotopic (exact) mass is 313 g/mol. The Morgan fingerprint density at radius 3 is 2.52 bits per heavy atom. The summed E-state index contributed by atoms with van der Waals surface area (Å²) in [5.41, 5.74) is 1.40. The number of hydrogen-bond donors (Lipinski definition) is 2. The van der Waals surface area contributed by atoms with Crippen LogP contribution in [0.1, 0.15) is 51.2 Å². The van der Waals surface area contributed by atoms with Crippen molar-refractivity contribution in [2.45, 2.75) is 58.0 Å². The second-order valence-corrected chi connectivity index (χ2v) is 7.48. The summed E-state index contributed by atoms with van der Waals surface area (Å²) in [5.74, 6) is 0.648. The Morgan fingerprint density at radius 2 is 1.95 bits per heavy atom. The molecule has 0 aliphatic carbocycles. The summed E-state index contributed by atoms with van der Waals surface area (Å²) in [7, 11) is -3.50. The van der Waals surface area contributed by atoms with E-state index >= 15 is 0 Å². The fourth-order valence-electron chi connectivity index (χ4n) is 2.20.